The zero-order valence-corrected chi connectivity index (χ0v) is 8.97. The van der Waals surface area contributed by atoms with Crippen LogP contribution in [0, 0.1) is 0 Å². The normalized spacial score (nSPS) is 12.8. The van der Waals surface area contributed by atoms with Crippen LogP contribution >= 0.6 is 11.8 Å². The Morgan fingerprint density at radius 3 is 2.77 bits per heavy atom. The van der Waals surface area contributed by atoms with Crippen LogP contribution in [0.15, 0.2) is 23.2 Å². The van der Waals surface area contributed by atoms with E-state index in [4.69, 9.17) is 5.73 Å². The second kappa shape index (κ2) is 5.25. The molecule has 0 aliphatic rings. The third-order valence-electron chi connectivity index (χ3n) is 1.70. The second-order valence-corrected chi connectivity index (χ2v) is 4.22. The molecule has 0 saturated carbocycles. The molecule has 1 aromatic rings. The first-order valence-corrected chi connectivity index (χ1v) is 5.57. The topological polar surface area (TPSA) is 38.9 Å². The number of nitrogens with zero attached hydrogens (tertiary/aromatic N) is 1. The Morgan fingerprint density at radius 1 is 1.54 bits per heavy atom. The Balaban J connectivity index is 2.59. The van der Waals surface area contributed by atoms with Crippen molar-refractivity contribution in [1.29, 1.82) is 0 Å². The van der Waals surface area contributed by atoms with Crippen LogP contribution in [-0.2, 0) is 0 Å². The van der Waals surface area contributed by atoms with Crippen LogP contribution in [-0.4, -0.2) is 10.7 Å². The molecule has 0 spiro atoms. The number of nitrogens with two attached hydrogens (primary N) is 1. The van der Waals surface area contributed by atoms with Crippen molar-refractivity contribution in [3.8, 4) is 0 Å². The van der Waals surface area contributed by atoms with Crippen LogP contribution in [0.3, 0.4) is 0 Å². The molecule has 13 heavy (non-hydrogen) atoms. The smallest absolute Gasteiger partial charge is 0.0569 e. The predicted molar refractivity (Wildman–Crippen MR) is 57.9 cm³/mol. The Morgan fingerprint density at radius 2 is 2.31 bits per heavy atom. The number of rotatable bonds is 4. The molecule has 0 aliphatic carbocycles. The highest BCUT2D eigenvalue weighted by Crippen LogP contribution is 2.18. The molecule has 1 atom stereocenters. The molecule has 0 fully saturated rings. The molecule has 0 amide bonds. The van der Waals surface area contributed by atoms with Crippen molar-refractivity contribution >= 4 is 11.8 Å². The van der Waals surface area contributed by atoms with Gasteiger partial charge >= 0.3 is 0 Å². The molecule has 0 unspecified atom stereocenters. The van der Waals surface area contributed by atoms with Gasteiger partial charge in [0.15, 0.2) is 0 Å². The van der Waals surface area contributed by atoms with Gasteiger partial charge in [0.25, 0.3) is 0 Å². The molecule has 0 aromatic carbocycles. The van der Waals surface area contributed by atoms with Gasteiger partial charge < -0.3 is 5.73 Å². The van der Waals surface area contributed by atoms with Gasteiger partial charge in [0, 0.05) is 17.1 Å². The zero-order chi connectivity index (χ0) is 9.68. The molecule has 0 aliphatic heterocycles. The van der Waals surface area contributed by atoms with Crippen LogP contribution in [0.25, 0.3) is 0 Å². The number of pyridine rings is 1. The van der Waals surface area contributed by atoms with Gasteiger partial charge in [0.2, 0.25) is 0 Å². The van der Waals surface area contributed by atoms with Gasteiger partial charge in [-0.3, -0.25) is 4.98 Å². The monoisotopic (exact) mass is 196 g/mol. The van der Waals surface area contributed by atoms with Gasteiger partial charge in [0.1, 0.15) is 0 Å². The average Bonchev–Trinajstić information content (AvgIpc) is 2.15. The molecular formula is C10H16N2S. The van der Waals surface area contributed by atoms with E-state index in [1.165, 1.54) is 11.3 Å². The lowest BCUT2D eigenvalue weighted by Crippen LogP contribution is -2.06. The zero-order valence-electron chi connectivity index (χ0n) is 8.16. The summed E-state index contributed by atoms with van der Waals surface area (Å²) in [4.78, 5) is 5.51. The number of hydrogen-bond acceptors (Lipinski definition) is 3. The first kappa shape index (κ1) is 10.5. The third kappa shape index (κ3) is 3.36. The lowest BCUT2D eigenvalue weighted by molar-refractivity contribution is 0.777. The van der Waals surface area contributed by atoms with E-state index in [2.05, 4.69) is 18.0 Å². The van der Waals surface area contributed by atoms with E-state index in [1.54, 1.807) is 0 Å². The fourth-order valence-corrected chi connectivity index (χ4v) is 1.70. The largest absolute Gasteiger partial charge is 0.323 e. The molecule has 1 heterocycles. The van der Waals surface area contributed by atoms with E-state index in [9.17, 15) is 0 Å². The lowest BCUT2D eigenvalue weighted by atomic mass is 10.2. The first-order valence-electron chi connectivity index (χ1n) is 4.58. The average molecular weight is 196 g/mol. The molecule has 0 bridgehead atoms. The number of thioether (sulfide) groups is 1. The number of hydrogen-bond donors (Lipinski definition) is 1. The van der Waals surface area contributed by atoms with Gasteiger partial charge in [-0.25, -0.2) is 0 Å². The Kier molecular flexibility index (Phi) is 4.25. The molecular weight excluding hydrogens is 180 g/mol. The maximum Gasteiger partial charge on any atom is 0.0569 e. The highest BCUT2D eigenvalue weighted by atomic mass is 32.2. The van der Waals surface area contributed by atoms with Crippen LogP contribution < -0.4 is 5.73 Å². The fraction of sp³-hybridized carbons (Fsp3) is 0.500. The summed E-state index contributed by atoms with van der Waals surface area (Å²) in [7, 11) is 0. The lowest BCUT2D eigenvalue weighted by Gasteiger charge is -2.04. The molecule has 0 saturated heterocycles. The number of aromatic nitrogens is 1. The van der Waals surface area contributed by atoms with Crippen molar-refractivity contribution in [2.24, 2.45) is 5.73 Å². The van der Waals surface area contributed by atoms with Gasteiger partial charge in [0.05, 0.1) is 5.69 Å². The molecule has 72 valence electrons. The quantitative estimate of drug-likeness (QED) is 0.752. The minimum atomic E-state index is 0.0326. The van der Waals surface area contributed by atoms with E-state index >= 15 is 0 Å². The predicted octanol–water partition coefficient (Wildman–Crippen LogP) is 2.60. The van der Waals surface area contributed by atoms with Gasteiger partial charge in [-0.05, 0) is 31.2 Å². The van der Waals surface area contributed by atoms with E-state index in [1.807, 2.05) is 30.9 Å². The second-order valence-electron chi connectivity index (χ2n) is 3.06. The Hall–Kier alpha value is -0.540. The SMILES string of the molecule is CCCSc1ccc([C@@H](C)N)nc1. The Bertz CT molecular complexity index is 244. The summed E-state index contributed by atoms with van der Waals surface area (Å²) < 4.78 is 0. The van der Waals surface area contributed by atoms with E-state index in [-0.39, 0.29) is 6.04 Å². The minimum absolute atomic E-state index is 0.0326. The van der Waals surface area contributed by atoms with Crippen LogP contribution in [0.5, 0.6) is 0 Å². The van der Waals surface area contributed by atoms with Crippen molar-refractivity contribution in [2.75, 3.05) is 5.75 Å². The van der Waals surface area contributed by atoms with Crippen LogP contribution in [0.1, 0.15) is 32.0 Å². The molecule has 2 N–H and O–H groups in total. The third-order valence-corrected chi connectivity index (χ3v) is 2.89. The highest BCUT2D eigenvalue weighted by Gasteiger charge is 2.00. The van der Waals surface area contributed by atoms with Gasteiger partial charge in [-0.15, -0.1) is 11.8 Å². The van der Waals surface area contributed by atoms with Crippen molar-refractivity contribution < 1.29 is 0 Å². The summed E-state index contributed by atoms with van der Waals surface area (Å²) in [6.45, 7) is 4.12. The molecule has 3 heteroatoms. The van der Waals surface area contributed by atoms with Crippen molar-refractivity contribution in [3.05, 3.63) is 24.0 Å². The van der Waals surface area contributed by atoms with Gasteiger partial charge in [-0.1, -0.05) is 6.92 Å². The first-order chi connectivity index (χ1) is 6.24. The summed E-state index contributed by atoms with van der Waals surface area (Å²) in [6.07, 6.45) is 3.10. The van der Waals surface area contributed by atoms with Crippen LogP contribution in [0.4, 0.5) is 0 Å². The van der Waals surface area contributed by atoms with E-state index in [0.29, 0.717) is 0 Å². The van der Waals surface area contributed by atoms with E-state index < -0.39 is 0 Å². The minimum Gasteiger partial charge on any atom is -0.323 e. The van der Waals surface area contributed by atoms with Crippen molar-refractivity contribution in [1.82, 2.24) is 4.98 Å². The maximum atomic E-state index is 5.69. The van der Waals surface area contributed by atoms with Crippen molar-refractivity contribution in [2.45, 2.75) is 31.2 Å². The molecule has 0 radical (unpaired) electrons. The molecule has 1 aromatic heterocycles. The summed E-state index contributed by atoms with van der Waals surface area (Å²) in [6, 6.07) is 4.12. The molecule has 2 nitrogen and oxygen atoms in total. The summed E-state index contributed by atoms with van der Waals surface area (Å²) in [5.74, 6) is 1.15. The van der Waals surface area contributed by atoms with Gasteiger partial charge in [-0.2, -0.15) is 0 Å². The molecule has 1 rings (SSSR count). The summed E-state index contributed by atoms with van der Waals surface area (Å²) in [5, 5.41) is 0. The van der Waals surface area contributed by atoms with Crippen molar-refractivity contribution in [3.63, 3.8) is 0 Å². The highest BCUT2D eigenvalue weighted by molar-refractivity contribution is 7.99. The van der Waals surface area contributed by atoms with Crippen LogP contribution in [0.2, 0.25) is 0 Å². The maximum absolute atomic E-state index is 5.69. The standard InChI is InChI=1S/C10H16N2S/c1-3-6-13-9-4-5-10(8(2)11)12-7-9/h4-5,7-8H,3,6,11H2,1-2H3/t8-/m1/s1. The fourth-order valence-electron chi connectivity index (χ4n) is 0.966. The van der Waals surface area contributed by atoms with E-state index in [0.717, 1.165) is 11.4 Å². The summed E-state index contributed by atoms with van der Waals surface area (Å²) >= 11 is 1.84. The Labute approximate surface area is 83.9 Å². The summed E-state index contributed by atoms with van der Waals surface area (Å²) in [5.41, 5.74) is 6.65.